The van der Waals surface area contributed by atoms with Crippen LogP contribution in [0.2, 0.25) is 0 Å². The zero-order chi connectivity index (χ0) is 13.8. The zero-order valence-corrected chi connectivity index (χ0v) is 12.7. The largest absolute Gasteiger partial charge is 0.382 e. The molecule has 0 aliphatic rings. The molecule has 0 aliphatic heterocycles. The average molecular weight is 291 g/mol. The Morgan fingerprint density at radius 1 is 1.44 bits per heavy atom. The minimum atomic E-state index is -3.33. The molecule has 1 unspecified atom stereocenters. The number of nitrogen functional groups attached to an aromatic ring is 1. The fourth-order valence-corrected chi connectivity index (χ4v) is 3.91. The number of sulfone groups is 1. The number of hydrogen-bond donors (Lipinski definition) is 2. The predicted octanol–water partition coefficient (Wildman–Crippen LogP) is 2.51. The van der Waals surface area contributed by atoms with Crippen LogP contribution in [0.3, 0.4) is 0 Å². The van der Waals surface area contributed by atoms with Crippen LogP contribution < -0.4 is 11.1 Å². The van der Waals surface area contributed by atoms with Crippen molar-refractivity contribution in [3.63, 3.8) is 0 Å². The van der Waals surface area contributed by atoms with Crippen LogP contribution in [0.15, 0.2) is 4.90 Å². The summed E-state index contributed by atoms with van der Waals surface area (Å²) in [6, 6.07) is 0.219. The SMILES string of the molecule is CCCCCC(C)Nc1snc(N)c1S(C)(=O)=O. The minimum Gasteiger partial charge on any atom is -0.382 e. The van der Waals surface area contributed by atoms with Gasteiger partial charge >= 0.3 is 0 Å². The van der Waals surface area contributed by atoms with Gasteiger partial charge in [-0.3, -0.25) is 0 Å². The number of unbranched alkanes of at least 4 members (excludes halogenated alkanes) is 2. The second-order valence-electron chi connectivity index (χ2n) is 4.54. The summed E-state index contributed by atoms with van der Waals surface area (Å²) in [4.78, 5) is 0.134. The Labute approximate surface area is 113 Å². The minimum absolute atomic E-state index is 0.0887. The normalized spacial score (nSPS) is 13.5. The standard InChI is InChI=1S/C11H21N3O2S2/c1-4-5-6-7-8(2)13-11-9(18(3,15)16)10(12)14-17-11/h8,13H,4-7H2,1-3H3,(H2,12,14). The first-order valence-electron chi connectivity index (χ1n) is 6.08. The Kier molecular flexibility index (Phi) is 5.40. The first kappa shape index (κ1) is 15.2. The molecular weight excluding hydrogens is 270 g/mol. The molecule has 0 amide bonds. The topological polar surface area (TPSA) is 85.1 Å². The third-order valence-electron chi connectivity index (χ3n) is 2.66. The van der Waals surface area contributed by atoms with E-state index in [0.29, 0.717) is 5.00 Å². The van der Waals surface area contributed by atoms with Gasteiger partial charge in [-0.05, 0) is 24.9 Å². The van der Waals surface area contributed by atoms with Crippen LogP contribution in [0.25, 0.3) is 0 Å². The van der Waals surface area contributed by atoms with Gasteiger partial charge in [-0.25, -0.2) is 8.42 Å². The lowest BCUT2D eigenvalue weighted by molar-refractivity contribution is 0.601. The Morgan fingerprint density at radius 3 is 2.67 bits per heavy atom. The van der Waals surface area contributed by atoms with E-state index in [0.717, 1.165) is 30.6 Å². The zero-order valence-electron chi connectivity index (χ0n) is 11.1. The van der Waals surface area contributed by atoms with Crippen LogP contribution in [0.5, 0.6) is 0 Å². The number of anilines is 2. The molecular formula is C11H21N3O2S2. The molecule has 0 saturated heterocycles. The molecule has 1 heterocycles. The number of nitrogens with two attached hydrogens (primary N) is 1. The van der Waals surface area contributed by atoms with Gasteiger partial charge in [-0.2, -0.15) is 4.37 Å². The van der Waals surface area contributed by atoms with Gasteiger partial charge in [0.1, 0.15) is 9.90 Å². The molecule has 1 atom stereocenters. The molecule has 18 heavy (non-hydrogen) atoms. The van der Waals surface area contributed by atoms with Crippen LogP contribution in [0, 0.1) is 0 Å². The fourth-order valence-electron chi connectivity index (χ4n) is 1.74. The number of nitrogens with one attached hydrogen (secondary N) is 1. The van der Waals surface area contributed by atoms with Gasteiger partial charge in [0.05, 0.1) is 0 Å². The van der Waals surface area contributed by atoms with Gasteiger partial charge in [-0.1, -0.05) is 26.2 Å². The van der Waals surface area contributed by atoms with Crippen LogP contribution in [0.1, 0.15) is 39.5 Å². The highest BCUT2D eigenvalue weighted by molar-refractivity contribution is 7.91. The Morgan fingerprint density at radius 2 is 2.11 bits per heavy atom. The van der Waals surface area contributed by atoms with Crippen molar-refractivity contribution in [2.24, 2.45) is 0 Å². The summed E-state index contributed by atoms with van der Waals surface area (Å²) in [7, 11) is -3.33. The molecule has 104 valence electrons. The number of rotatable bonds is 7. The van der Waals surface area contributed by atoms with E-state index < -0.39 is 9.84 Å². The summed E-state index contributed by atoms with van der Waals surface area (Å²) in [6.45, 7) is 4.20. The highest BCUT2D eigenvalue weighted by Gasteiger charge is 2.22. The Bertz CT molecular complexity index is 482. The third kappa shape index (κ3) is 4.13. The van der Waals surface area contributed by atoms with Crippen molar-refractivity contribution in [2.45, 2.75) is 50.5 Å². The molecule has 0 aliphatic carbocycles. The predicted molar refractivity (Wildman–Crippen MR) is 76.9 cm³/mol. The Balaban J connectivity index is 2.74. The summed E-state index contributed by atoms with van der Waals surface area (Å²) in [5, 5.41) is 3.75. The molecule has 1 aromatic rings. The third-order valence-corrected chi connectivity index (χ3v) is 4.74. The molecule has 1 aromatic heterocycles. The quantitative estimate of drug-likeness (QED) is 0.754. The molecule has 0 saturated carbocycles. The van der Waals surface area contributed by atoms with E-state index in [4.69, 9.17) is 5.73 Å². The van der Waals surface area contributed by atoms with E-state index in [1.165, 1.54) is 12.8 Å². The maximum atomic E-state index is 11.6. The van der Waals surface area contributed by atoms with Crippen molar-refractivity contribution in [3.8, 4) is 0 Å². The van der Waals surface area contributed by atoms with Gasteiger partial charge in [0, 0.05) is 12.3 Å². The van der Waals surface area contributed by atoms with E-state index in [-0.39, 0.29) is 16.8 Å². The van der Waals surface area contributed by atoms with Crippen LogP contribution >= 0.6 is 11.5 Å². The first-order valence-corrected chi connectivity index (χ1v) is 8.74. The summed E-state index contributed by atoms with van der Waals surface area (Å²) in [5.74, 6) is 0.0887. The summed E-state index contributed by atoms with van der Waals surface area (Å²) >= 11 is 1.11. The lowest BCUT2D eigenvalue weighted by Gasteiger charge is -2.14. The van der Waals surface area contributed by atoms with Crippen molar-refractivity contribution < 1.29 is 8.42 Å². The molecule has 7 heteroatoms. The molecule has 3 N–H and O–H groups in total. The van der Waals surface area contributed by atoms with Crippen molar-refractivity contribution >= 4 is 32.2 Å². The molecule has 5 nitrogen and oxygen atoms in total. The van der Waals surface area contributed by atoms with E-state index >= 15 is 0 Å². The molecule has 0 bridgehead atoms. The Hall–Kier alpha value is -0.820. The van der Waals surface area contributed by atoms with Gasteiger partial charge in [0.2, 0.25) is 0 Å². The summed E-state index contributed by atoms with van der Waals surface area (Å²) in [5.41, 5.74) is 5.61. The van der Waals surface area contributed by atoms with Gasteiger partial charge in [0.25, 0.3) is 0 Å². The van der Waals surface area contributed by atoms with Crippen LogP contribution in [-0.2, 0) is 9.84 Å². The lowest BCUT2D eigenvalue weighted by atomic mass is 10.1. The van der Waals surface area contributed by atoms with Gasteiger partial charge in [-0.15, -0.1) is 0 Å². The number of aromatic nitrogens is 1. The molecule has 0 fully saturated rings. The molecule has 0 aromatic carbocycles. The molecule has 0 radical (unpaired) electrons. The summed E-state index contributed by atoms with van der Waals surface area (Å²) in [6.07, 6.45) is 5.66. The fraction of sp³-hybridized carbons (Fsp3) is 0.727. The van der Waals surface area contributed by atoms with Crippen molar-refractivity contribution in [2.75, 3.05) is 17.3 Å². The second kappa shape index (κ2) is 6.38. The first-order chi connectivity index (χ1) is 8.36. The van der Waals surface area contributed by atoms with Crippen molar-refractivity contribution in [1.82, 2.24) is 4.37 Å². The van der Waals surface area contributed by atoms with E-state index in [1.807, 2.05) is 6.92 Å². The molecule has 0 spiro atoms. The average Bonchev–Trinajstić information content (AvgIpc) is 2.59. The maximum Gasteiger partial charge on any atom is 0.182 e. The summed E-state index contributed by atoms with van der Waals surface area (Å²) < 4.78 is 27.2. The van der Waals surface area contributed by atoms with Gasteiger partial charge in [0.15, 0.2) is 15.7 Å². The number of hydrogen-bond acceptors (Lipinski definition) is 6. The molecule has 1 rings (SSSR count). The number of nitrogens with zero attached hydrogens (tertiary/aromatic N) is 1. The highest BCUT2D eigenvalue weighted by Crippen LogP contribution is 2.32. The monoisotopic (exact) mass is 291 g/mol. The van der Waals surface area contributed by atoms with E-state index in [9.17, 15) is 8.42 Å². The lowest BCUT2D eigenvalue weighted by Crippen LogP contribution is -2.16. The van der Waals surface area contributed by atoms with Crippen molar-refractivity contribution in [1.29, 1.82) is 0 Å². The van der Waals surface area contributed by atoms with E-state index in [2.05, 4.69) is 16.6 Å². The van der Waals surface area contributed by atoms with Crippen molar-refractivity contribution in [3.05, 3.63) is 0 Å². The van der Waals surface area contributed by atoms with Gasteiger partial charge < -0.3 is 11.1 Å². The highest BCUT2D eigenvalue weighted by atomic mass is 32.2. The van der Waals surface area contributed by atoms with Crippen LogP contribution in [0.4, 0.5) is 10.8 Å². The second-order valence-corrected chi connectivity index (χ2v) is 7.27. The smallest absolute Gasteiger partial charge is 0.182 e. The van der Waals surface area contributed by atoms with Crippen LogP contribution in [-0.4, -0.2) is 25.1 Å². The van der Waals surface area contributed by atoms with E-state index in [1.54, 1.807) is 0 Å². The maximum absolute atomic E-state index is 11.6.